The minimum atomic E-state index is -0.395. The molecule has 0 spiro atoms. The third kappa shape index (κ3) is 0.838. The van der Waals surface area contributed by atoms with E-state index < -0.39 is 6.17 Å². The second kappa shape index (κ2) is 2.46. The van der Waals surface area contributed by atoms with Crippen LogP contribution in [0.2, 0.25) is 0 Å². The lowest BCUT2D eigenvalue weighted by molar-refractivity contribution is 0.823. The zero-order chi connectivity index (χ0) is 8.55. The average molecular weight is 177 g/mol. The summed E-state index contributed by atoms with van der Waals surface area (Å²) in [6.07, 6.45) is 1.07. The smallest absolute Gasteiger partial charge is 0.193 e. The van der Waals surface area contributed by atoms with Gasteiger partial charge >= 0.3 is 0 Å². The minimum absolute atomic E-state index is 0.259. The van der Waals surface area contributed by atoms with Gasteiger partial charge in [0.25, 0.3) is 0 Å². The molecule has 0 saturated heterocycles. The first-order valence-corrected chi connectivity index (χ1v) is 3.61. The van der Waals surface area contributed by atoms with E-state index in [2.05, 4.69) is 20.5 Å². The molecule has 0 saturated carbocycles. The van der Waals surface area contributed by atoms with E-state index in [1.165, 1.54) is 6.34 Å². The fraction of sp³-hybridized carbons (Fsp3) is 0.167. The van der Waals surface area contributed by atoms with Crippen molar-refractivity contribution in [3.8, 4) is 6.07 Å². The molecule has 6 heteroatoms. The van der Waals surface area contributed by atoms with E-state index >= 15 is 0 Å². The molecule has 5 nitrogen and oxygen atoms in total. The van der Waals surface area contributed by atoms with Crippen molar-refractivity contribution in [2.45, 2.75) is 6.17 Å². The van der Waals surface area contributed by atoms with Crippen molar-refractivity contribution in [3.05, 3.63) is 11.3 Å². The Morgan fingerprint density at radius 2 is 2.50 bits per heavy atom. The van der Waals surface area contributed by atoms with Gasteiger partial charge in [0.1, 0.15) is 11.1 Å². The number of rotatable bonds is 0. The second-order valence-corrected chi connectivity index (χ2v) is 2.62. The predicted molar refractivity (Wildman–Crippen MR) is 45.5 cm³/mol. The van der Waals surface area contributed by atoms with Gasteiger partial charge in [-0.2, -0.15) is 10.4 Å². The molecule has 58 valence electrons. The number of allylic oxidation sites excluding steroid dienone is 1. The van der Waals surface area contributed by atoms with E-state index in [0.717, 1.165) is 0 Å². The van der Waals surface area contributed by atoms with Crippen LogP contribution in [-0.2, 0) is 0 Å². The van der Waals surface area contributed by atoms with Gasteiger partial charge in [0.15, 0.2) is 11.9 Å². The van der Waals surface area contributed by atoms with Crippen LogP contribution in [0.4, 0.5) is 0 Å². The molecule has 0 aromatic heterocycles. The third-order valence-corrected chi connectivity index (χ3v) is 1.88. The topological polar surface area (TPSA) is 72.9 Å². The summed E-state index contributed by atoms with van der Waals surface area (Å²) in [4.78, 5) is 4.43. The lowest BCUT2D eigenvalue weighted by Crippen LogP contribution is -2.31. The minimum Gasteiger partial charge on any atom is -0.337 e. The number of nitriles is 1. The highest BCUT2D eigenvalue weighted by molar-refractivity contribution is 7.80. The fourth-order valence-corrected chi connectivity index (χ4v) is 1.26. The van der Waals surface area contributed by atoms with E-state index in [0.29, 0.717) is 10.6 Å². The summed E-state index contributed by atoms with van der Waals surface area (Å²) in [5.41, 5.74) is 0.865. The summed E-state index contributed by atoms with van der Waals surface area (Å²) in [7, 11) is 0. The fourth-order valence-electron chi connectivity index (χ4n) is 1.00. The Balaban J connectivity index is 2.53. The van der Waals surface area contributed by atoms with Crippen LogP contribution in [0.15, 0.2) is 26.5 Å². The highest BCUT2D eigenvalue weighted by atomic mass is 32.1. The van der Waals surface area contributed by atoms with Crippen molar-refractivity contribution in [1.29, 1.82) is 5.26 Å². The van der Waals surface area contributed by atoms with Gasteiger partial charge in [-0.15, -0.1) is 5.11 Å². The van der Waals surface area contributed by atoms with Crippen LogP contribution < -0.4 is 5.32 Å². The van der Waals surface area contributed by atoms with Crippen molar-refractivity contribution < 1.29 is 0 Å². The lowest BCUT2D eigenvalue weighted by Gasteiger charge is -2.12. The van der Waals surface area contributed by atoms with Crippen LogP contribution in [-0.4, -0.2) is 17.5 Å². The summed E-state index contributed by atoms with van der Waals surface area (Å²) in [5, 5.41) is 18.8. The maximum atomic E-state index is 8.62. The van der Waals surface area contributed by atoms with Crippen molar-refractivity contribution >= 4 is 23.5 Å². The Hall–Kier alpha value is -1.61. The summed E-state index contributed by atoms with van der Waals surface area (Å²) >= 11 is 4.96. The SMILES string of the molecule is N#CC1=C2C(=S)NC=NC2N=N1. The van der Waals surface area contributed by atoms with E-state index in [9.17, 15) is 0 Å². The molecule has 12 heavy (non-hydrogen) atoms. The van der Waals surface area contributed by atoms with E-state index in [-0.39, 0.29) is 5.70 Å². The molecule has 0 aromatic carbocycles. The van der Waals surface area contributed by atoms with Crippen LogP contribution in [0.3, 0.4) is 0 Å². The number of hydrogen-bond donors (Lipinski definition) is 1. The largest absolute Gasteiger partial charge is 0.337 e. The number of hydrogen-bond acceptors (Lipinski definition) is 5. The number of nitrogens with zero attached hydrogens (tertiary/aromatic N) is 4. The first-order valence-electron chi connectivity index (χ1n) is 3.20. The van der Waals surface area contributed by atoms with Crippen molar-refractivity contribution in [1.82, 2.24) is 5.32 Å². The first-order chi connectivity index (χ1) is 5.83. The monoisotopic (exact) mass is 177 g/mol. The second-order valence-electron chi connectivity index (χ2n) is 2.21. The van der Waals surface area contributed by atoms with Crippen LogP contribution in [0.1, 0.15) is 0 Å². The molecule has 1 unspecified atom stereocenters. The standard InChI is InChI=1S/C6H3N5S/c7-1-3-4-5(11-10-3)8-2-9-6(4)12/h2,5H,(H,8,9,12). The van der Waals surface area contributed by atoms with Gasteiger partial charge in [0, 0.05) is 0 Å². The normalized spacial score (nSPS) is 25.2. The van der Waals surface area contributed by atoms with E-state index in [1.54, 1.807) is 0 Å². The number of nitrogens with one attached hydrogen (secondary N) is 1. The summed E-state index contributed by atoms with van der Waals surface area (Å²) in [5.74, 6) is 0. The van der Waals surface area contributed by atoms with Gasteiger partial charge < -0.3 is 5.32 Å². The Bertz CT molecular complexity index is 372. The van der Waals surface area contributed by atoms with Gasteiger partial charge in [-0.25, -0.2) is 4.99 Å². The molecule has 1 N–H and O–H groups in total. The number of aliphatic imine (C=N–C) groups is 1. The first kappa shape index (κ1) is 7.06. The van der Waals surface area contributed by atoms with Crippen molar-refractivity contribution in [2.24, 2.45) is 15.2 Å². The van der Waals surface area contributed by atoms with Gasteiger partial charge in [-0.3, -0.25) is 0 Å². The molecular weight excluding hydrogens is 174 g/mol. The van der Waals surface area contributed by atoms with Gasteiger partial charge in [-0.05, 0) is 0 Å². The third-order valence-electron chi connectivity index (χ3n) is 1.54. The zero-order valence-electron chi connectivity index (χ0n) is 5.85. The van der Waals surface area contributed by atoms with Gasteiger partial charge in [-0.1, -0.05) is 12.2 Å². The predicted octanol–water partition coefficient (Wildman–Crippen LogP) is 0.515. The molecule has 2 rings (SSSR count). The molecule has 0 amide bonds. The van der Waals surface area contributed by atoms with Crippen LogP contribution in [0, 0.1) is 11.3 Å². The molecule has 0 fully saturated rings. The summed E-state index contributed by atoms with van der Waals surface area (Å²) in [6, 6.07) is 1.91. The van der Waals surface area contributed by atoms with E-state index in [4.69, 9.17) is 17.5 Å². The number of fused-ring (bicyclic) bond motifs is 1. The maximum Gasteiger partial charge on any atom is 0.193 e. The van der Waals surface area contributed by atoms with E-state index in [1.807, 2.05) is 6.07 Å². The molecule has 1 atom stereocenters. The summed E-state index contributed by atoms with van der Waals surface area (Å²) < 4.78 is 0. The highest BCUT2D eigenvalue weighted by Gasteiger charge is 2.28. The molecule has 0 aliphatic carbocycles. The molecule has 0 bridgehead atoms. The molecular formula is C6H3N5S. The molecule has 2 aliphatic heterocycles. The molecule has 2 aliphatic rings. The number of thiocarbonyl (C=S) groups is 1. The lowest BCUT2D eigenvalue weighted by atomic mass is 10.1. The maximum absolute atomic E-state index is 8.62. The van der Waals surface area contributed by atoms with Crippen LogP contribution in [0.5, 0.6) is 0 Å². The Morgan fingerprint density at radius 1 is 1.67 bits per heavy atom. The Kier molecular flexibility index (Phi) is 1.45. The quantitative estimate of drug-likeness (QED) is 0.548. The number of azo groups is 1. The van der Waals surface area contributed by atoms with Gasteiger partial charge in [0.05, 0.1) is 11.9 Å². The van der Waals surface area contributed by atoms with Crippen molar-refractivity contribution in [2.75, 3.05) is 0 Å². The molecule has 0 aromatic rings. The van der Waals surface area contributed by atoms with Crippen molar-refractivity contribution in [3.63, 3.8) is 0 Å². The summed E-state index contributed by atoms with van der Waals surface area (Å²) in [6.45, 7) is 0. The Morgan fingerprint density at radius 3 is 3.25 bits per heavy atom. The molecule has 2 heterocycles. The van der Waals surface area contributed by atoms with Crippen LogP contribution >= 0.6 is 12.2 Å². The Labute approximate surface area is 73.5 Å². The van der Waals surface area contributed by atoms with Crippen LogP contribution in [0.25, 0.3) is 0 Å². The zero-order valence-corrected chi connectivity index (χ0v) is 6.67. The average Bonchev–Trinajstić information content (AvgIpc) is 2.49. The van der Waals surface area contributed by atoms with Gasteiger partial charge in [0.2, 0.25) is 0 Å². The highest BCUT2D eigenvalue weighted by Crippen LogP contribution is 2.24. The molecule has 0 radical (unpaired) electrons.